The Bertz CT molecular complexity index is 838. The van der Waals surface area contributed by atoms with Crippen LogP contribution in [0.25, 0.3) is 0 Å². The number of sulfone groups is 1. The van der Waals surface area contributed by atoms with Gasteiger partial charge in [0.2, 0.25) is 5.91 Å². The molecule has 2 rings (SSSR count). The fourth-order valence-electron chi connectivity index (χ4n) is 3.38. The van der Waals surface area contributed by atoms with Crippen molar-refractivity contribution in [2.24, 2.45) is 5.92 Å². The molecule has 1 aliphatic heterocycles. The zero-order valence-corrected chi connectivity index (χ0v) is 19.0. The Hall–Kier alpha value is -1.73. The van der Waals surface area contributed by atoms with Crippen LogP contribution < -0.4 is 5.32 Å². The van der Waals surface area contributed by atoms with Gasteiger partial charge in [0.25, 0.3) is 0 Å². The highest BCUT2D eigenvalue weighted by molar-refractivity contribution is 7.92. The summed E-state index contributed by atoms with van der Waals surface area (Å²) in [5.74, 6) is -1.06. The molecule has 0 radical (unpaired) electrons. The molecule has 0 spiro atoms. The molecule has 0 bridgehead atoms. The number of carbonyl (C=O) groups is 2. The maximum absolute atomic E-state index is 13.1. The van der Waals surface area contributed by atoms with Gasteiger partial charge in [-0.25, -0.2) is 8.42 Å². The predicted octanol–water partition coefficient (Wildman–Crippen LogP) is 4.69. The minimum atomic E-state index is -3.76. The molecule has 1 heterocycles. The summed E-state index contributed by atoms with van der Waals surface area (Å²) in [6, 6.07) is 6.67. The number of amides is 1. The third-order valence-corrected chi connectivity index (χ3v) is 7.21. The molecule has 0 aromatic heterocycles. The van der Waals surface area contributed by atoms with Gasteiger partial charge in [0.15, 0.2) is 15.6 Å². The maximum atomic E-state index is 13.1. The first kappa shape index (κ1) is 32.4. The zero-order valence-electron chi connectivity index (χ0n) is 18.2. The molecule has 1 fully saturated rings. The maximum Gasteiger partial charge on any atom is 0.239 e. The largest absolute Gasteiger partial charge is 0.368 e. The molecule has 6 nitrogen and oxygen atoms in total. The molecule has 1 aliphatic rings. The average Bonchev–Trinajstić information content (AvgIpc) is 2.90. The van der Waals surface area contributed by atoms with Crippen molar-refractivity contribution in [1.82, 2.24) is 5.32 Å². The Morgan fingerprint density at radius 1 is 1.12 bits per heavy atom. The van der Waals surface area contributed by atoms with Gasteiger partial charge < -0.3 is 10.1 Å². The van der Waals surface area contributed by atoms with Gasteiger partial charge in [0.1, 0.15) is 17.9 Å². The van der Waals surface area contributed by atoms with E-state index in [1.807, 2.05) is 26.0 Å². The van der Waals surface area contributed by atoms with Crippen LogP contribution in [0.15, 0.2) is 24.3 Å². The van der Waals surface area contributed by atoms with E-state index in [0.29, 0.717) is 5.56 Å². The van der Waals surface area contributed by atoms with E-state index < -0.39 is 33.1 Å². The highest BCUT2D eigenvalue weighted by Gasteiger charge is 2.39. The van der Waals surface area contributed by atoms with Crippen molar-refractivity contribution in [3.05, 3.63) is 35.4 Å². The van der Waals surface area contributed by atoms with E-state index in [4.69, 9.17) is 4.74 Å². The molecule has 1 saturated heterocycles. The van der Waals surface area contributed by atoms with Gasteiger partial charge in [0.05, 0.1) is 11.9 Å². The summed E-state index contributed by atoms with van der Waals surface area (Å²) in [7, 11) is -3.76. The lowest BCUT2D eigenvalue weighted by molar-refractivity contribution is -0.126. The van der Waals surface area contributed by atoms with Gasteiger partial charge in [-0.15, -0.1) is 0 Å². The molecule has 32 heavy (non-hydrogen) atoms. The number of benzene rings is 1. The van der Waals surface area contributed by atoms with E-state index in [0.717, 1.165) is 5.56 Å². The minimum Gasteiger partial charge on any atom is -0.368 e. The van der Waals surface area contributed by atoms with E-state index in [1.54, 1.807) is 19.1 Å². The van der Waals surface area contributed by atoms with Crippen molar-refractivity contribution < 1.29 is 22.7 Å². The topological polar surface area (TPSA) is 89.5 Å². The number of rotatable bonds is 7. The van der Waals surface area contributed by atoms with Crippen LogP contribution in [0.2, 0.25) is 0 Å². The van der Waals surface area contributed by atoms with Crippen molar-refractivity contribution in [3.8, 4) is 0 Å². The Labute approximate surface area is 196 Å². The number of ether oxygens (including phenoxy) is 1. The van der Waals surface area contributed by atoms with Gasteiger partial charge in [0, 0.05) is 0 Å². The van der Waals surface area contributed by atoms with E-state index >= 15 is 0 Å². The van der Waals surface area contributed by atoms with Crippen LogP contribution in [-0.2, 0) is 35.3 Å². The van der Waals surface area contributed by atoms with Crippen LogP contribution in [0.4, 0.5) is 0 Å². The van der Waals surface area contributed by atoms with Gasteiger partial charge in [-0.1, -0.05) is 81.2 Å². The molecule has 0 unspecified atom stereocenters. The van der Waals surface area contributed by atoms with Crippen LogP contribution in [-0.4, -0.2) is 44.1 Å². The van der Waals surface area contributed by atoms with Crippen LogP contribution >= 0.6 is 0 Å². The van der Waals surface area contributed by atoms with E-state index in [2.05, 4.69) is 26.1 Å². The molecule has 1 amide bonds. The second-order valence-corrected chi connectivity index (χ2v) is 11.5. The van der Waals surface area contributed by atoms with Gasteiger partial charge in [-0.2, -0.15) is 0 Å². The van der Waals surface area contributed by atoms with Gasteiger partial charge in [-0.3, -0.25) is 9.59 Å². The van der Waals surface area contributed by atoms with Crippen molar-refractivity contribution in [3.63, 3.8) is 0 Å². The summed E-state index contributed by atoms with van der Waals surface area (Å²) in [6.07, 6.45) is -0.261. The molecule has 1 N–H and O–H groups in total. The lowest BCUT2D eigenvalue weighted by Crippen LogP contribution is -2.50. The van der Waals surface area contributed by atoms with Gasteiger partial charge >= 0.3 is 0 Å². The molecule has 186 valence electrons. The second kappa shape index (κ2) is 12.5. The number of hydrogen-bond acceptors (Lipinski definition) is 5. The lowest BCUT2D eigenvalue weighted by Gasteiger charge is -2.23. The third-order valence-electron chi connectivity index (χ3n) is 5.20. The van der Waals surface area contributed by atoms with E-state index in [-0.39, 0.29) is 58.2 Å². The molecule has 0 aliphatic carbocycles. The molecule has 1 aromatic carbocycles. The number of Topliss-reactive ketones (excluding diaryl/α,β-unsaturated/α-hetero) is 1. The Morgan fingerprint density at radius 3 is 2.06 bits per heavy atom. The average molecular weight is 472 g/mol. The first-order valence-electron chi connectivity index (χ1n) is 10.1. The smallest absolute Gasteiger partial charge is 0.239 e. The van der Waals surface area contributed by atoms with Crippen molar-refractivity contribution in [1.29, 1.82) is 0 Å². The third kappa shape index (κ3) is 8.32. The van der Waals surface area contributed by atoms with Crippen molar-refractivity contribution >= 4 is 21.5 Å². The van der Waals surface area contributed by atoms with Crippen LogP contribution in [0, 0.1) is 5.92 Å². The lowest BCUT2D eigenvalue weighted by atomic mass is 9.87. The van der Waals surface area contributed by atoms with Crippen molar-refractivity contribution in [2.75, 3.05) is 6.61 Å². The molecule has 0 saturated carbocycles. The minimum absolute atomic E-state index is 0. The summed E-state index contributed by atoms with van der Waals surface area (Å²) in [5, 5.41) is 1.41. The van der Waals surface area contributed by atoms with E-state index in [1.165, 1.54) is 0 Å². The molecule has 3 atom stereocenters. The summed E-state index contributed by atoms with van der Waals surface area (Å²) in [4.78, 5) is 24.8. The monoisotopic (exact) mass is 471 g/mol. The van der Waals surface area contributed by atoms with Crippen LogP contribution in [0.1, 0.15) is 81.4 Å². The molecule has 1 aromatic rings. The Kier molecular flexibility index (Phi) is 12.7. The van der Waals surface area contributed by atoms with Crippen LogP contribution in [0.3, 0.4) is 0 Å². The van der Waals surface area contributed by atoms with Crippen molar-refractivity contribution in [2.45, 2.75) is 98.8 Å². The number of hydrogen-bond donors (Lipinski definition) is 1. The summed E-state index contributed by atoms with van der Waals surface area (Å²) < 4.78 is 31.5. The fourth-order valence-corrected chi connectivity index (χ4v) is 5.31. The predicted molar refractivity (Wildman–Crippen MR) is 134 cm³/mol. The first-order chi connectivity index (χ1) is 13.3. The fraction of sp³-hybridized carbons (Fsp3) is 0.680. The quantitative estimate of drug-likeness (QED) is 0.623. The highest BCUT2D eigenvalue weighted by Crippen LogP contribution is 2.24. The summed E-state index contributed by atoms with van der Waals surface area (Å²) in [5.41, 5.74) is 1.74. The Balaban J connectivity index is 0. The zero-order chi connectivity index (χ0) is 22.0. The number of nitrogens with one attached hydrogen (secondary N) is 1. The number of ketones is 1. The SMILES string of the molecule is C.C.C.CC(C)C[C@H](C(=O)N[C@H]1C(=O)CO[C@@H]1C)S(=O)(=O)Cc1ccc(C(C)(C)C)cc1. The summed E-state index contributed by atoms with van der Waals surface area (Å²) >= 11 is 0. The van der Waals surface area contributed by atoms with Gasteiger partial charge in [-0.05, 0) is 35.8 Å². The Morgan fingerprint density at radius 2 is 1.66 bits per heavy atom. The normalized spacial score (nSPS) is 19.4. The highest BCUT2D eigenvalue weighted by atomic mass is 32.2. The first-order valence-corrected chi connectivity index (χ1v) is 11.8. The number of carbonyl (C=O) groups excluding carboxylic acids is 2. The summed E-state index contributed by atoms with van der Waals surface area (Å²) in [6.45, 7) is 11.7. The molecular weight excluding hydrogens is 426 g/mol. The molecular formula is C25H45NO5S. The van der Waals surface area contributed by atoms with E-state index in [9.17, 15) is 18.0 Å². The standard InChI is InChI=1S/C22H33NO5S.3CH4/c1-14(2)11-19(21(25)23-20-15(3)28-12-18(20)24)29(26,27)13-16-7-9-17(10-8-16)22(4,5)6;;;/h7-10,14-15,19-20H,11-13H2,1-6H3,(H,23,25);3*1H4/t15-,19-,20-;;;/m1.../s1. The second-order valence-electron chi connectivity index (χ2n) is 9.34. The van der Waals surface area contributed by atoms with Crippen LogP contribution in [0.5, 0.6) is 0 Å². The molecule has 7 heteroatoms.